The largest absolute Gasteiger partial charge is 0.394 e. The van der Waals surface area contributed by atoms with Crippen molar-refractivity contribution in [1.82, 2.24) is 26.6 Å². The van der Waals surface area contributed by atoms with Crippen LogP contribution in [0, 0.1) is 0 Å². The first-order chi connectivity index (χ1) is 61.2. The van der Waals surface area contributed by atoms with E-state index in [4.69, 9.17) is 94.7 Å². The number of carbonyl (C=O) groups is 5. The van der Waals surface area contributed by atoms with Gasteiger partial charge in [-0.15, -0.1) is 0 Å². The fourth-order valence-electron chi connectivity index (χ4n) is 16.5. The van der Waals surface area contributed by atoms with E-state index in [1.807, 2.05) is 0 Å². The lowest BCUT2D eigenvalue weighted by Crippen LogP contribution is -2.71. The molecule has 0 unspecified atom stereocenters. The monoisotopic (exact) mass is 1890 g/mol. The summed E-state index contributed by atoms with van der Waals surface area (Å²) >= 11 is 0. The Kier molecular flexibility index (Phi) is 39.2. The lowest BCUT2D eigenvalue weighted by molar-refractivity contribution is -0.400. The van der Waals surface area contributed by atoms with Gasteiger partial charge in [-0.2, -0.15) is 0 Å². The maximum Gasteiger partial charge on any atom is 0.217 e. The first kappa shape index (κ1) is 107. The molecule has 32 N–H and O–H groups in total. The number of ether oxygens (including phenoxy) is 20. The first-order valence-corrected chi connectivity index (χ1v) is 41.2. The Balaban J connectivity index is 0.956. The molecular weight excluding hydrogens is 1770 g/mol. The van der Waals surface area contributed by atoms with Crippen molar-refractivity contribution >= 4 is 30.0 Å². The number of aliphatic hydroxyl groups excluding tert-OH is 27. The summed E-state index contributed by atoms with van der Waals surface area (Å²) in [6.45, 7) is -6.38. The van der Waals surface area contributed by atoms with Crippen molar-refractivity contribution in [3.8, 4) is 0 Å². The molecule has 0 aromatic carbocycles. The SMILES string of the molecule is CC(=O)N[C@H]1[C@H](O[C@H]2[C@@H](O)[C@@H](CO[C@@H]3O[C@H](CO)[C@@H](O[C@@H]4O[C@H](CO)[C@H](O)[C@H](O[C@H]5O[C@H](CO)[C@H](O)[C@H](O)[C@H]5NC(C)=O)[C@H]4O[C@@H]4O[C@@H](C)[C@@H](O)[C@@H](O)[C@@H]4O)[C@H](O)[C@H]3NC(C)=O)O[C@@H](O[C@H]3[C@H](O)[C@@H](NC(C)=O)[C@H](O[C@H]4[C@@H](O)[C@@H](CO)O[C@@H](O[C@H]5[C@H](O)[C@@H](O)[C@H](OC[C@@H](CO)NC=O)O[C@@H]5CO)[C@@H]4O)O[C@@H]3CO)[C@@H]2O)O[C@H](CO)[C@@H](O[C@@H]2O[C@H](CO)[C@H](O)[C@H](O)[C@H]2O)[C@@H]1O. The molecule has 0 radical (unpaired) electrons. The highest BCUT2D eigenvalue weighted by atomic mass is 16.8. The second-order valence-corrected chi connectivity index (χ2v) is 32.4. The highest BCUT2D eigenvalue weighted by molar-refractivity contribution is 5.74. The van der Waals surface area contributed by atoms with Crippen LogP contribution in [-0.2, 0) is 119 Å². The van der Waals surface area contributed by atoms with Crippen LogP contribution in [0.2, 0.25) is 0 Å². The Morgan fingerprint density at radius 1 is 0.271 bits per heavy atom. The van der Waals surface area contributed by atoms with Crippen molar-refractivity contribution in [2.75, 3.05) is 72.7 Å². The molecule has 10 saturated heterocycles. The van der Waals surface area contributed by atoms with Crippen molar-refractivity contribution in [1.29, 1.82) is 0 Å². The van der Waals surface area contributed by atoms with Crippen molar-refractivity contribution in [2.24, 2.45) is 0 Å². The van der Waals surface area contributed by atoms with Crippen LogP contribution in [0.15, 0.2) is 0 Å². The van der Waals surface area contributed by atoms with Crippen LogP contribution in [0.3, 0.4) is 0 Å². The molecule has 0 aromatic heterocycles. The Morgan fingerprint density at radius 3 is 0.977 bits per heavy atom. The van der Waals surface area contributed by atoms with Gasteiger partial charge in [-0.05, 0) is 6.92 Å². The molecular formula is C72H121N5O52. The zero-order valence-electron chi connectivity index (χ0n) is 69.6. The van der Waals surface area contributed by atoms with Gasteiger partial charge in [0, 0.05) is 27.7 Å². The molecule has 0 aliphatic carbocycles. The Morgan fingerprint density at radius 2 is 0.558 bits per heavy atom. The van der Waals surface area contributed by atoms with E-state index in [1.165, 1.54) is 6.92 Å². The molecule has 10 rings (SSSR count). The van der Waals surface area contributed by atoms with Crippen LogP contribution in [0.1, 0.15) is 34.6 Å². The van der Waals surface area contributed by atoms with E-state index in [2.05, 4.69) is 26.6 Å². The average molecular weight is 1890 g/mol. The van der Waals surface area contributed by atoms with E-state index in [-0.39, 0.29) is 6.41 Å². The van der Waals surface area contributed by atoms with E-state index >= 15 is 0 Å². The van der Waals surface area contributed by atoms with Gasteiger partial charge in [-0.25, -0.2) is 0 Å². The van der Waals surface area contributed by atoms with Gasteiger partial charge in [-0.3, -0.25) is 24.0 Å². The van der Waals surface area contributed by atoms with Crippen molar-refractivity contribution < 1.29 is 257 Å². The number of amides is 5. The second kappa shape index (κ2) is 47.5. The predicted octanol–water partition coefficient (Wildman–Crippen LogP) is -22.1. The number of aliphatic hydroxyl groups is 27. The molecule has 0 bridgehead atoms. The molecule has 57 heteroatoms. The van der Waals surface area contributed by atoms with Crippen LogP contribution in [0.5, 0.6) is 0 Å². The van der Waals surface area contributed by atoms with Gasteiger partial charge < -0.3 is 259 Å². The van der Waals surface area contributed by atoms with Crippen molar-refractivity contribution in [2.45, 2.75) is 347 Å². The molecule has 129 heavy (non-hydrogen) atoms. The summed E-state index contributed by atoms with van der Waals surface area (Å²) in [6, 6.07) is -8.88. The van der Waals surface area contributed by atoms with Crippen LogP contribution >= 0.6 is 0 Å². The van der Waals surface area contributed by atoms with Crippen molar-refractivity contribution in [3.63, 3.8) is 0 Å². The number of carbonyl (C=O) groups excluding carboxylic acids is 5. The summed E-state index contributed by atoms with van der Waals surface area (Å²) in [5.41, 5.74) is 0. The summed E-state index contributed by atoms with van der Waals surface area (Å²) in [5, 5.41) is 314. The van der Waals surface area contributed by atoms with Gasteiger partial charge >= 0.3 is 0 Å². The molecule has 10 aliphatic rings. The van der Waals surface area contributed by atoms with E-state index in [9.17, 15) is 162 Å². The molecule has 0 saturated carbocycles. The maximum atomic E-state index is 13.4. The van der Waals surface area contributed by atoms with Crippen LogP contribution in [0.4, 0.5) is 0 Å². The van der Waals surface area contributed by atoms with Crippen molar-refractivity contribution in [3.05, 3.63) is 0 Å². The van der Waals surface area contributed by atoms with Gasteiger partial charge in [-0.1, -0.05) is 0 Å². The second-order valence-electron chi connectivity index (χ2n) is 32.4. The van der Waals surface area contributed by atoms with E-state index in [0.717, 1.165) is 27.7 Å². The third-order valence-electron chi connectivity index (χ3n) is 23.4. The lowest BCUT2D eigenvalue weighted by atomic mass is 9.93. The number of hydrogen-bond donors (Lipinski definition) is 32. The zero-order valence-corrected chi connectivity index (χ0v) is 69.6. The number of rotatable bonds is 37. The molecule has 746 valence electrons. The highest BCUT2D eigenvalue weighted by Crippen LogP contribution is 2.42. The van der Waals surface area contributed by atoms with Gasteiger partial charge in [0.15, 0.2) is 62.9 Å². The van der Waals surface area contributed by atoms with E-state index in [0.29, 0.717) is 0 Å². The van der Waals surface area contributed by atoms with E-state index < -0.39 is 409 Å². The van der Waals surface area contributed by atoms with Gasteiger partial charge in [0.25, 0.3) is 0 Å². The van der Waals surface area contributed by atoms with Crippen LogP contribution in [-0.4, -0.2) is 553 Å². The Hall–Kier alpha value is -4.53. The van der Waals surface area contributed by atoms with E-state index in [1.54, 1.807) is 0 Å². The topological polar surface area (TPSA) is 876 Å². The normalized spacial score (nSPS) is 47.8. The molecule has 10 aliphatic heterocycles. The fourth-order valence-corrected chi connectivity index (χ4v) is 16.5. The zero-order chi connectivity index (χ0) is 94.9. The minimum atomic E-state index is -2.56. The average Bonchev–Trinajstić information content (AvgIpc) is 0.763. The number of nitrogens with one attached hydrogen (secondary N) is 5. The molecule has 10 heterocycles. The molecule has 0 spiro atoms. The summed E-state index contributed by atoms with van der Waals surface area (Å²) in [5.74, 6) is -3.86. The third kappa shape index (κ3) is 24.2. The third-order valence-corrected chi connectivity index (χ3v) is 23.4. The quantitative estimate of drug-likeness (QED) is 0.0257. The summed E-state index contributed by atoms with van der Waals surface area (Å²) in [6.07, 6.45) is -95.3. The van der Waals surface area contributed by atoms with Gasteiger partial charge in [0.2, 0.25) is 30.0 Å². The predicted molar refractivity (Wildman–Crippen MR) is 398 cm³/mol. The summed E-state index contributed by atoms with van der Waals surface area (Å²) in [4.78, 5) is 63.3. The molecule has 57 nitrogen and oxygen atoms in total. The van der Waals surface area contributed by atoms with Gasteiger partial charge in [0.05, 0.1) is 84.8 Å². The Labute approximate surface area is 731 Å². The van der Waals surface area contributed by atoms with Gasteiger partial charge in [0.1, 0.15) is 238 Å². The molecule has 0 aromatic rings. The van der Waals surface area contributed by atoms with Crippen LogP contribution < -0.4 is 26.6 Å². The molecule has 10 fully saturated rings. The molecule has 51 atom stereocenters. The standard InChI is InChI=1S/C72H121N5O52/c1-18-37(92)47(102)50(105)68(112-18)129-62-61(128-64-33(74-19(2)88)43(98)38(93)24(7-79)113-64)41(96)27(10-82)116-72(62)125-57-28(11-83)117-63(34(44(57)99)75-20(3)89)111-16-32-42(97)60(127-66-35(76-21(4)90)45(100)55(29(12-84)118-66)122-69-51(106)48(103)39(94)25(8-80)114-69)54(109)71(121-32)123-56-30(13-85)119-65(36(46(56)101)77-22(5)91)126-59-40(95)26(9-81)115-70(53(59)108)124-58-31(14-86)120-67(52(107)49(58)104)110-15-23(6-78)73-17-87/h17-18,23-72,78-86,92-109H,6-16H2,1-5H3,(H,73,87)(H,74,88)(H,75,89)(H,76,90)(H,77,91)/t18-,23+,24+,25+,26+,27+,28+,29+,30+,31+,32+,33+,34+,35+,36+,37+,38-,39-,40-,41-,42-,43+,44+,45+,46+,47+,48-,49+,50-,51+,52+,53+,54+,55+,56+,57+,58+,59-,60-,61-,62+,63+,64+,65-,66-,67+,68-,69-,70-,71-,72-/m0/s1. The maximum absolute atomic E-state index is 13.4. The molecule has 5 amide bonds. The minimum absolute atomic E-state index is 0.239. The summed E-state index contributed by atoms with van der Waals surface area (Å²) in [7, 11) is 0. The van der Waals surface area contributed by atoms with Crippen LogP contribution in [0.25, 0.3) is 0 Å². The smallest absolute Gasteiger partial charge is 0.217 e. The minimum Gasteiger partial charge on any atom is -0.394 e. The fraction of sp³-hybridized carbons (Fsp3) is 0.931. The first-order valence-electron chi connectivity index (χ1n) is 41.2. The number of hydrogen-bond acceptors (Lipinski definition) is 52. The Bertz CT molecular complexity index is 3480. The summed E-state index contributed by atoms with van der Waals surface area (Å²) < 4.78 is 119. The lowest BCUT2D eigenvalue weighted by Gasteiger charge is -2.51. The highest BCUT2D eigenvalue weighted by Gasteiger charge is 2.62.